The number of hydrogen-bond acceptors (Lipinski definition) is 1. The van der Waals surface area contributed by atoms with E-state index in [1.807, 2.05) is 19.9 Å². The normalized spacial score (nSPS) is 12.5. The molecule has 0 aliphatic carbocycles. The average molecular weight is 264 g/mol. The Bertz CT molecular complexity index is 529. The molecular formula is C15H15ClFN. The largest absolute Gasteiger partial charge is 0.320 e. The van der Waals surface area contributed by atoms with Crippen molar-refractivity contribution in [2.45, 2.75) is 19.9 Å². The number of halogens is 2. The van der Waals surface area contributed by atoms with Crippen molar-refractivity contribution in [3.63, 3.8) is 0 Å². The van der Waals surface area contributed by atoms with Crippen LogP contribution in [0.15, 0.2) is 36.4 Å². The lowest BCUT2D eigenvalue weighted by Crippen LogP contribution is -2.15. The van der Waals surface area contributed by atoms with Crippen LogP contribution in [0, 0.1) is 19.7 Å². The van der Waals surface area contributed by atoms with Crippen molar-refractivity contribution in [3.8, 4) is 0 Å². The van der Waals surface area contributed by atoms with Crippen molar-refractivity contribution in [3.05, 3.63) is 69.5 Å². The minimum absolute atomic E-state index is 0.285. The zero-order chi connectivity index (χ0) is 13.3. The Labute approximate surface area is 111 Å². The highest BCUT2D eigenvalue weighted by Crippen LogP contribution is 2.27. The second kappa shape index (κ2) is 5.09. The van der Waals surface area contributed by atoms with Gasteiger partial charge < -0.3 is 5.73 Å². The quantitative estimate of drug-likeness (QED) is 0.866. The molecular weight excluding hydrogens is 249 g/mol. The Morgan fingerprint density at radius 1 is 1.06 bits per heavy atom. The summed E-state index contributed by atoms with van der Waals surface area (Å²) in [5, 5.41) is 0.610. The molecule has 0 aromatic heterocycles. The van der Waals surface area contributed by atoms with Gasteiger partial charge in [0.25, 0.3) is 0 Å². The summed E-state index contributed by atoms with van der Waals surface area (Å²) in [5.74, 6) is -0.285. The van der Waals surface area contributed by atoms with Crippen LogP contribution in [0.4, 0.5) is 4.39 Å². The molecule has 2 aromatic carbocycles. The predicted octanol–water partition coefficient (Wildman–Crippen LogP) is 4.14. The fourth-order valence-electron chi connectivity index (χ4n) is 2.02. The molecule has 0 saturated carbocycles. The first-order valence-corrected chi connectivity index (χ1v) is 6.14. The maximum atomic E-state index is 13.8. The lowest BCUT2D eigenvalue weighted by atomic mass is 9.94. The van der Waals surface area contributed by atoms with Crippen LogP contribution in [-0.4, -0.2) is 0 Å². The third-order valence-electron chi connectivity index (χ3n) is 3.06. The van der Waals surface area contributed by atoms with Crippen LogP contribution in [-0.2, 0) is 0 Å². The van der Waals surface area contributed by atoms with Gasteiger partial charge in [0.15, 0.2) is 0 Å². The molecule has 0 heterocycles. The third kappa shape index (κ3) is 2.55. The molecule has 3 heteroatoms. The van der Waals surface area contributed by atoms with Gasteiger partial charge >= 0.3 is 0 Å². The molecule has 0 bridgehead atoms. The lowest BCUT2D eigenvalue weighted by Gasteiger charge is -2.17. The smallest absolute Gasteiger partial charge is 0.128 e. The Balaban J connectivity index is 2.50. The first kappa shape index (κ1) is 13.1. The number of nitrogens with two attached hydrogens (primary N) is 1. The molecule has 1 nitrogen and oxygen atoms in total. The van der Waals surface area contributed by atoms with Crippen molar-refractivity contribution < 1.29 is 4.39 Å². The SMILES string of the molecule is Cc1ccc(F)c(C(N)c2cc(Cl)ccc2C)c1. The highest BCUT2D eigenvalue weighted by Gasteiger charge is 2.16. The van der Waals surface area contributed by atoms with Crippen LogP contribution in [0.2, 0.25) is 5.02 Å². The molecule has 0 aliphatic heterocycles. The van der Waals surface area contributed by atoms with Crippen molar-refractivity contribution in [1.29, 1.82) is 0 Å². The van der Waals surface area contributed by atoms with Gasteiger partial charge in [0.05, 0.1) is 6.04 Å². The van der Waals surface area contributed by atoms with E-state index in [2.05, 4.69) is 0 Å². The molecule has 2 N–H and O–H groups in total. The van der Waals surface area contributed by atoms with Crippen LogP contribution in [0.25, 0.3) is 0 Å². The van der Waals surface area contributed by atoms with E-state index in [4.69, 9.17) is 17.3 Å². The summed E-state index contributed by atoms with van der Waals surface area (Å²) < 4.78 is 13.8. The molecule has 0 saturated heterocycles. The zero-order valence-corrected chi connectivity index (χ0v) is 11.1. The van der Waals surface area contributed by atoms with E-state index in [9.17, 15) is 4.39 Å². The van der Waals surface area contributed by atoms with E-state index in [0.29, 0.717) is 10.6 Å². The summed E-state index contributed by atoms with van der Waals surface area (Å²) in [6.07, 6.45) is 0. The zero-order valence-electron chi connectivity index (χ0n) is 10.4. The van der Waals surface area contributed by atoms with Gasteiger partial charge in [0.1, 0.15) is 5.82 Å². The summed E-state index contributed by atoms with van der Waals surface area (Å²) in [4.78, 5) is 0. The van der Waals surface area contributed by atoms with Gasteiger partial charge in [-0.15, -0.1) is 0 Å². The summed E-state index contributed by atoms with van der Waals surface area (Å²) in [6, 6.07) is 9.96. The van der Waals surface area contributed by atoms with E-state index in [-0.39, 0.29) is 5.82 Å². The maximum absolute atomic E-state index is 13.8. The maximum Gasteiger partial charge on any atom is 0.128 e. The fraction of sp³-hybridized carbons (Fsp3) is 0.200. The van der Waals surface area contributed by atoms with Crippen molar-refractivity contribution in [2.24, 2.45) is 5.73 Å². The van der Waals surface area contributed by atoms with Gasteiger partial charge in [-0.1, -0.05) is 35.4 Å². The molecule has 2 rings (SSSR count). The molecule has 18 heavy (non-hydrogen) atoms. The molecule has 0 amide bonds. The molecule has 0 radical (unpaired) electrons. The Morgan fingerprint density at radius 2 is 1.78 bits per heavy atom. The van der Waals surface area contributed by atoms with Crippen LogP contribution in [0.5, 0.6) is 0 Å². The highest BCUT2D eigenvalue weighted by atomic mass is 35.5. The summed E-state index contributed by atoms with van der Waals surface area (Å²) in [7, 11) is 0. The van der Waals surface area contributed by atoms with Crippen molar-refractivity contribution in [1.82, 2.24) is 0 Å². The lowest BCUT2D eigenvalue weighted by molar-refractivity contribution is 0.598. The van der Waals surface area contributed by atoms with Crippen molar-refractivity contribution >= 4 is 11.6 Å². The number of rotatable bonds is 2. The van der Waals surface area contributed by atoms with Gasteiger partial charge in [0, 0.05) is 10.6 Å². The van der Waals surface area contributed by atoms with Crippen molar-refractivity contribution in [2.75, 3.05) is 0 Å². The minimum atomic E-state index is -0.497. The monoisotopic (exact) mass is 263 g/mol. The highest BCUT2D eigenvalue weighted by molar-refractivity contribution is 6.30. The average Bonchev–Trinajstić information content (AvgIpc) is 2.34. The summed E-state index contributed by atoms with van der Waals surface area (Å²) in [5.41, 5.74) is 9.51. The van der Waals surface area contributed by atoms with E-state index in [1.54, 1.807) is 24.3 Å². The molecule has 0 fully saturated rings. The van der Waals surface area contributed by atoms with E-state index < -0.39 is 6.04 Å². The Hall–Kier alpha value is -1.38. The Morgan fingerprint density at radius 3 is 2.50 bits per heavy atom. The number of hydrogen-bond donors (Lipinski definition) is 1. The minimum Gasteiger partial charge on any atom is -0.320 e. The molecule has 1 unspecified atom stereocenters. The standard InChI is InChI=1S/C15H15ClFN/c1-9-3-6-14(17)13(7-9)15(18)12-8-11(16)5-4-10(12)2/h3-8,15H,18H2,1-2H3. The third-order valence-corrected chi connectivity index (χ3v) is 3.30. The van der Waals surface area contributed by atoms with Crippen LogP contribution < -0.4 is 5.73 Å². The summed E-state index contributed by atoms with van der Waals surface area (Å²) >= 11 is 5.97. The van der Waals surface area contributed by atoms with Gasteiger partial charge in [-0.3, -0.25) is 0 Å². The molecule has 94 valence electrons. The van der Waals surface area contributed by atoms with Gasteiger partial charge in [-0.2, -0.15) is 0 Å². The molecule has 2 aromatic rings. The van der Waals surface area contributed by atoms with Crippen LogP contribution >= 0.6 is 11.6 Å². The fourth-order valence-corrected chi connectivity index (χ4v) is 2.20. The van der Waals surface area contributed by atoms with Gasteiger partial charge in [-0.05, 0) is 43.2 Å². The van der Waals surface area contributed by atoms with Crippen LogP contribution in [0.1, 0.15) is 28.3 Å². The first-order valence-electron chi connectivity index (χ1n) is 5.76. The van der Waals surface area contributed by atoms with Crippen LogP contribution in [0.3, 0.4) is 0 Å². The second-order valence-electron chi connectivity index (χ2n) is 4.50. The van der Waals surface area contributed by atoms with Gasteiger partial charge in [-0.25, -0.2) is 4.39 Å². The van der Waals surface area contributed by atoms with E-state index in [1.165, 1.54) is 6.07 Å². The predicted molar refractivity (Wildman–Crippen MR) is 73.4 cm³/mol. The van der Waals surface area contributed by atoms with E-state index >= 15 is 0 Å². The topological polar surface area (TPSA) is 26.0 Å². The molecule has 0 aliphatic rings. The number of benzene rings is 2. The first-order chi connectivity index (χ1) is 8.49. The molecule has 1 atom stereocenters. The number of aryl methyl sites for hydroxylation is 2. The molecule has 0 spiro atoms. The summed E-state index contributed by atoms with van der Waals surface area (Å²) in [6.45, 7) is 3.86. The van der Waals surface area contributed by atoms with E-state index in [0.717, 1.165) is 16.7 Å². The van der Waals surface area contributed by atoms with Gasteiger partial charge in [0.2, 0.25) is 0 Å². The Kier molecular flexibility index (Phi) is 3.69. The second-order valence-corrected chi connectivity index (χ2v) is 4.94.